The number of benzene rings is 2. The Morgan fingerprint density at radius 1 is 0.978 bits per heavy atom. The zero-order valence-corrected chi connectivity index (χ0v) is 27.9. The highest BCUT2D eigenvalue weighted by molar-refractivity contribution is 6.74. The third-order valence-corrected chi connectivity index (χ3v) is 12.8. The summed E-state index contributed by atoms with van der Waals surface area (Å²) in [5.74, 6) is -4.73. The van der Waals surface area contributed by atoms with Gasteiger partial charge in [0.05, 0.1) is 30.3 Å². The Morgan fingerprint density at radius 3 is 2.04 bits per heavy atom. The van der Waals surface area contributed by atoms with Crippen molar-refractivity contribution in [1.29, 1.82) is 0 Å². The second-order valence-electron chi connectivity index (χ2n) is 13.6. The summed E-state index contributed by atoms with van der Waals surface area (Å²) < 4.78 is 98.6. The maximum atomic E-state index is 14.5. The molecule has 0 aliphatic carbocycles. The van der Waals surface area contributed by atoms with Gasteiger partial charge >= 0.3 is 12.1 Å². The normalized spacial score (nSPS) is 13.7. The molecule has 0 aliphatic heterocycles. The van der Waals surface area contributed by atoms with Crippen LogP contribution in [0.3, 0.4) is 0 Å². The highest BCUT2D eigenvalue weighted by atomic mass is 28.4. The minimum absolute atomic E-state index is 0.0535. The molecule has 248 valence electrons. The van der Waals surface area contributed by atoms with Crippen molar-refractivity contribution in [1.82, 2.24) is 4.57 Å². The molecule has 1 N–H and O–H groups in total. The van der Waals surface area contributed by atoms with E-state index in [1.165, 1.54) is 10.8 Å². The molecule has 0 spiro atoms. The molecule has 2 aromatic carbocycles. The number of carbonyl (C=O) groups excluding carboxylic acids is 1. The van der Waals surface area contributed by atoms with E-state index in [0.717, 1.165) is 12.1 Å². The predicted octanol–water partition coefficient (Wildman–Crippen LogP) is 8.84. The summed E-state index contributed by atoms with van der Waals surface area (Å²) in [4.78, 5) is 26.6. The number of hydrogen-bond donors (Lipinski definition) is 1. The first kappa shape index (κ1) is 36.1. The number of nitrogens with zero attached hydrogens (tertiary/aromatic N) is 1. The molecule has 3 rings (SSSR count). The third kappa shape index (κ3) is 7.92. The summed E-state index contributed by atoms with van der Waals surface area (Å²) in [7, 11) is -2.35. The van der Waals surface area contributed by atoms with Gasteiger partial charge in [-0.05, 0) is 42.6 Å². The second-order valence-corrected chi connectivity index (χ2v) is 18.4. The van der Waals surface area contributed by atoms with Gasteiger partial charge in [-0.15, -0.1) is 0 Å². The number of fused-ring (bicyclic) bond motifs is 1. The number of esters is 1. The van der Waals surface area contributed by atoms with Gasteiger partial charge in [-0.3, -0.25) is 4.79 Å². The van der Waals surface area contributed by atoms with Gasteiger partial charge in [0.2, 0.25) is 5.43 Å². The maximum absolute atomic E-state index is 14.5. The number of alkyl halides is 3. The third-order valence-electron chi connectivity index (χ3n) is 8.28. The second kappa shape index (κ2) is 12.8. The molecule has 0 saturated carbocycles. The van der Waals surface area contributed by atoms with Crippen LogP contribution in [0.2, 0.25) is 18.1 Å². The highest BCUT2D eigenvalue weighted by Gasteiger charge is 2.40. The summed E-state index contributed by atoms with van der Waals surface area (Å²) in [5, 5.41) is 1.94. The molecule has 0 unspecified atom stereocenters. The fourth-order valence-electron chi connectivity index (χ4n) is 4.56. The quantitative estimate of drug-likeness (QED) is 0.141. The van der Waals surface area contributed by atoms with Crippen LogP contribution in [0.1, 0.15) is 76.0 Å². The molecule has 0 aliphatic rings. The highest BCUT2D eigenvalue weighted by Crippen LogP contribution is 2.42. The van der Waals surface area contributed by atoms with E-state index in [0.29, 0.717) is 12.1 Å². The van der Waals surface area contributed by atoms with Gasteiger partial charge in [-0.1, -0.05) is 41.5 Å². The van der Waals surface area contributed by atoms with Crippen LogP contribution >= 0.6 is 0 Å². The number of pyridine rings is 1. The summed E-state index contributed by atoms with van der Waals surface area (Å²) in [6.07, 6.45) is -3.75. The minimum atomic E-state index is -4.97. The zero-order valence-electron chi connectivity index (χ0n) is 26.9. The van der Waals surface area contributed by atoms with Gasteiger partial charge in [-0.2, -0.15) is 13.2 Å². The smallest absolute Gasteiger partial charge is 0.418 e. The first-order chi connectivity index (χ1) is 20.5. The molecule has 13 heteroatoms. The van der Waals surface area contributed by atoms with Gasteiger partial charge in [0.15, 0.2) is 8.32 Å². The van der Waals surface area contributed by atoms with Crippen LogP contribution in [0.5, 0.6) is 0 Å². The van der Waals surface area contributed by atoms with Gasteiger partial charge in [0, 0.05) is 41.5 Å². The molecule has 0 saturated heterocycles. The van der Waals surface area contributed by atoms with E-state index in [-0.39, 0.29) is 29.2 Å². The number of anilines is 1. The Balaban J connectivity index is 2.34. The van der Waals surface area contributed by atoms with E-state index in [2.05, 4.69) is 5.32 Å². The summed E-state index contributed by atoms with van der Waals surface area (Å²) in [6.45, 7) is 16.6. The fourth-order valence-corrected chi connectivity index (χ4v) is 5.57. The Morgan fingerprint density at radius 2 is 1.56 bits per heavy atom. The molecule has 1 heterocycles. The molecule has 6 nitrogen and oxygen atoms in total. The van der Waals surface area contributed by atoms with Crippen LogP contribution in [0, 0.1) is 22.9 Å². The van der Waals surface area contributed by atoms with Crippen LogP contribution < -0.4 is 10.7 Å². The standard InChI is InChI=1S/C32H40F6N2O4Si/c1-10-43-29(42)21-16-40(27(30(2,3)4)17-44-45(8,9)31(5,6)7)26-14-22(32(36,37)38)25(13-19(26)28(21)41)39-15-20-23(34)11-18(33)12-24(20)35/h11-14,16,27,39H,10,15,17H2,1-9H3/t27-/m1/s1. The van der Waals surface area contributed by atoms with Crippen molar-refractivity contribution in [3.05, 3.63) is 74.8 Å². The molecule has 1 aromatic heterocycles. The number of hydrogen-bond acceptors (Lipinski definition) is 5. The first-order valence-corrected chi connectivity index (χ1v) is 17.4. The topological polar surface area (TPSA) is 69.6 Å². The summed E-state index contributed by atoms with van der Waals surface area (Å²) in [5.41, 5.74) is -4.61. The molecule has 0 amide bonds. The van der Waals surface area contributed by atoms with Gasteiger partial charge in [0.25, 0.3) is 0 Å². The minimum Gasteiger partial charge on any atom is -0.462 e. The Hall–Kier alpha value is -3.32. The number of carbonyl (C=O) groups is 1. The van der Waals surface area contributed by atoms with E-state index >= 15 is 0 Å². The molecule has 45 heavy (non-hydrogen) atoms. The lowest BCUT2D eigenvalue weighted by atomic mass is 9.86. The van der Waals surface area contributed by atoms with E-state index in [1.54, 1.807) is 6.92 Å². The van der Waals surface area contributed by atoms with Crippen LogP contribution in [0.25, 0.3) is 10.9 Å². The lowest BCUT2D eigenvalue weighted by Gasteiger charge is -2.41. The average molecular weight is 659 g/mol. The number of aromatic nitrogens is 1. The molecular weight excluding hydrogens is 618 g/mol. The summed E-state index contributed by atoms with van der Waals surface area (Å²) in [6, 6.07) is 1.86. The SMILES string of the molecule is CCOC(=O)c1cn([C@H](CO[Si](C)(C)C(C)(C)C)C(C)(C)C)c2cc(C(F)(F)F)c(NCc3c(F)cc(F)cc3F)cc2c1=O. The molecule has 0 radical (unpaired) electrons. The number of rotatable bonds is 9. The van der Waals surface area contributed by atoms with Crippen molar-refractivity contribution in [2.24, 2.45) is 5.41 Å². The van der Waals surface area contributed by atoms with Gasteiger partial charge in [0.1, 0.15) is 23.0 Å². The van der Waals surface area contributed by atoms with Crippen molar-refractivity contribution in [2.45, 2.75) is 85.4 Å². The molecule has 3 aromatic rings. The molecular formula is C32H40F6N2O4Si. The zero-order chi connectivity index (χ0) is 34.3. The van der Waals surface area contributed by atoms with Gasteiger partial charge < -0.3 is 19.0 Å². The fraction of sp³-hybridized carbons (Fsp3) is 0.500. The molecule has 0 fully saturated rings. The van der Waals surface area contributed by atoms with Gasteiger partial charge in [-0.25, -0.2) is 18.0 Å². The van der Waals surface area contributed by atoms with Crippen LogP contribution in [-0.2, 0) is 21.9 Å². The van der Waals surface area contributed by atoms with Crippen molar-refractivity contribution in [2.75, 3.05) is 18.5 Å². The first-order valence-electron chi connectivity index (χ1n) is 14.5. The van der Waals surface area contributed by atoms with Crippen LogP contribution in [-0.4, -0.2) is 32.1 Å². The van der Waals surface area contributed by atoms with E-state index < -0.39 is 83.7 Å². The monoisotopic (exact) mass is 658 g/mol. The average Bonchev–Trinajstić information content (AvgIpc) is 2.87. The Bertz CT molecular complexity index is 1620. The Labute approximate surface area is 259 Å². The lowest BCUT2D eigenvalue weighted by molar-refractivity contribution is -0.136. The van der Waals surface area contributed by atoms with Crippen LogP contribution in [0.4, 0.5) is 32.0 Å². The van der Waals surface area contributed by atoms with Crippen molar-refractivity contribution in [3.8, 4) is 0 Å². The van der Waals surface area contributed by atoms with Crippen molar-refractivity contribution < 1.29 is 40.3 Å². The summed E-state index contributed by atoms with van der Waals surface area (Å²) >= 11 is 0. The van der Waals surface area contributed by atoms with E-state index in [9.17, 15) is 35.9 Å². The van der Waals surface area contributed by atoms with E-state index in [4.69, 9.17) is 9.16 Å². The van der Waals surface area contributed by atoms with E-state index in [1.807, 2.05) is 54.6 Å². The van der Waals surface area contributed by atoms with Crippen molar-refractivity contribution in [3.63, 3.8) is 0 Å². The maximum Gasteiger partial charge on any atom is 0.418 e. The molecule has 1 atom stereocenters. The Kier molecular flexibility index (Phi) is 10.3. The number of halogens is 6. The molecule has 0 bridgehead atoms. The number of nitrogens with one attached hydrogen (secondary N) is 1. The number of ether oxygens (including phenoxy) is 1. The lowest BCUT2D eigenvalue weighted by Crippen LogP contribution is -2.43. The van der Waals surface area contributed by atoms with Crippen LogP contribution in [0.15, 0.2) is 35.3 Å². The van der Waals surface area contributed by atoms with Crippen molar-refractivity contribution >= 4 is 30.9 Å². The largest absolute Gasteiger partial charge is 0.462 e. The predicted molar refractivity (Wildman–Crippen MR) is 164 cm³/mol.